The van der Waals surface area contributed by atoms with Crippen LogP contribution in [0.2, 0.25) is 5.02 Å². The molecule has 0 saturated carbocycles. The van der Waals surface area contributed by atoms with Gasteiger partial charge in [-0.2, -0.15) is 0 Å². The molecule has 0 atom stereocenters. The lowest BCUT2D eigenvalue weighted by atomic mass is 10.1. The van der Waals surface area contributed by atoms with Crippen LogP contribution in [0.25, 0.3) is 0 Å². The summed E-state index contributed by atoms with van der Waals surface area (Å²) in [7, 11) is 0. The Bertz CT molecular complexity index is 840. The molecule has 2 amide bonds. The molecule has 2 aromatic carbocycles. The van der Waals surface area contributed by atoms with Crippen molar-refractivity contribution in [1.82, 2.24) is 4.90 Å². The molecule has 1 fully saturated rings. The number of rotatable bonds is 3. The highest BCUT2D eigenvalue weighted by atomic mass is 35.5. The third-order valence-electron chi connectivity index (χ3n) is 5.14. The average molecular weight is 370 g/mol. The molecule has 0 N–H and O–H groups in total. The van der Waals surface area contributed by atoms with Crippen LogP contribution in [0, 0.1) is 0 Å². The Hall–Kier alpha value is -2.37. The predicted octanol–water partition coefficient (Wildman–Crippen LogP) is 3.28. The predicted molar refractivity (Wildman–Crippen MR) is 103 cm³/mol. The van der Waals surface area contributed by atoms with E-state index in [1.165, 1.54) is 4.90 Å². The number of carbonyl (C=O) groups excluding carboxylic acids is 2. The van der Waals surface area contributed by atoms with Crippen LogP contribution in [0.5, 0.6) is 0 Å². The van der Waals surface area contributed by atoms with Crippen molar-refractivity contribution in [3.05, 3.63) is 58.6 Å². The second-order valence-corrected chi connectivity index (χ2v) is 6.93. The normalized spacial score (nSPS) is 17.8. The highest BCUT2D eigenvalue weighted by Gasteiger charge is 2.38. The molecule has 2 aliphatic heterocycles. The molecular formula is C20H20ClN3O2. The van der Waals surface area contributed by atoms with Gasteiger partial charge in [0.05, 0.1) is 27.5 Å². The summed E-state index contributed by atoms with van der Waals surface area (Å²) >= 11 is 6.51. The molecule has 0 bridgehead atoms. The van der Waals surface area contributed by atoms with E-state index in [9.17, 15) is 9.59 Å². The number of hydrogen-bond acceptors (Lipinski definition) is 4. The van der Waals surface area contributed by atoms with Gasteiger partial charge in [-0.15, -0.1) is 0 Å². The third kappa shape index (κ3) is 2.68. The second-order valence-electron chi connectivity index (χ2n) is 6.52. The van der Waals surface area contributed by atoms with Gasteiger partial charge >= 0.3 is 0 Å². The molecule has 4 rings (SSSR count). The SMILES string of the molecule is CCN1CCN(c2c(Cl)cccc2N2C(=O)c3ccccc3C2=O)CC1. The lowest BCUT2D eigenvalue weighted by Crippen LogP contribution is -2.47. The number of amides is 2. The molecule has 26 heavy (non-hydrogen) atoms. The molecule has 0 aromatic heterocycles. The number of piperazine rings is 1. The largest absolute Gasteiger partial charge is 0.366 e. The fraction of sp³-hybridized carbons (Fsp3) is 0.300. The van der Waals surface area contributed by atoms with Gasteiger partial charge in [-0.1, -0.05) is 36.7 Å². The van der Waals surface area contributed by atoms with Crippen LogP contribution in [0.1, 0.15) is 27.6 Å². The Morgan fingerprint density at radius 2 is 1.50 bits per heavy atom. The number of anilines is 2. The van der Waals surface area contributed by atoms with Crippen molar-refractivity contribution in [2.45, 2.75) is 6.92 Å². The lowest BCUT2D eigenvalue weighted by molar-refractivity contribution is 0.0926. The van der Waals surface area contributed by atoms with Crippen molar-refractivity contribution in [2.75, 3.05) is 42.5 Å². The topological polar surface area (TPSA) is 43.9 Å². The van der Waals surface area contributed by atoms with E-state index in [1.54, 1.807) is 36.4 Å². The van der Waals surface area contributed by atoms with Gasteiger partial charge in [-0.3, -0.25) is 9.59 Å². The summed E-state index contributed by atoms with van der Waals surface area (Å²) in [5.74, 6) is -0.581. The standard InChI is InChI=1S/C20H20ClN3O2/c1-2-22-10-12-23(13-11-22)18-16(21)8-5-9-17(18)24-19(25)14-6-3-4-7-15(14)20(24)26/h3-9H,2,10-13H2,1H3. The van der Waals surface area contributed by atoms with Crippen molar-refractivity contribution in [3.63, 3.8) is 0 Å². The van der Waals surface area contributed by atoms with Crippen molar-refractivity contribution >= 4 is 34.8 Å². The molecule has 0 aliphatic carbocycles. The minimum absolute atomic E-state index is 0.290. The summed E-state index contributed by atoms with van der Waals surface area (Å²) in [4.78, 5) is 31.6. The quantitative estimate of drug-likeness (QED) is 0.779. The summed E-state index contributed by atoms with van der Waals surface area (Å²) in [5, 5.41) is 0.559. The summed E-state index contributed by atoms with van der Waals surface area (Å²) < 4.78 is 0. The van der Waals surface area contributed by atoms with E-state index in [0.717, 1.165) is 38.4 Å². The summed E-state index contributed by atoms with van der Waals surface area (Å²) in [6, 6.07) is 12.3. The molecule has 6 heteroatoms. The van der Waals surface area contributed by atoms with Gasteiger partial charge in [0.25, 0.3) is 11.8 Å². The molecule has 0 spiro atoms. The Labute approximate surface area is 157 Å². The number of benzene rings is 2. The highest BCUT2D eigenvalue weighted by Crippen LogP contribution is 2.40. The summed E-state index contributed by atoms with van der Waals surface area (Å²) in [6.07, 6.45) is 0. The maximum absolute atomic E-state index is 12.9. The van der Waals surface area contributed by atoms with Gasteiger partial charge in [0, 0.05) is 26.2 Å². The highest BCUT2D eigenvalue weighted by molar-refractivity contribution is 6.38. The number of fused-ring (bicyclic) bond motifs is 1. The number of likely N-dealkylation sites (N-methyl/N-ethyl adjacent to an activating group) is 1. The van der Waals surface area contributed by atoms with Crippen molar-refractivity contribution in [2.24, 2.45) is 0 Å². The Morgan fingerprint density at radius 1 is 0.885 bits per heavy atom. The first kappa shape index (κ1) is 17.1. The number of hydrogen-bond donors (Lipinski definition) is 0. The molecule has 134 valence electrons. The number of nitrogens with zero attached hydrogens (tertiary/aromatic N) is 3. The van der Waals surface area contributed by atoms with E-state index in [4.69, 9.17) is 11.6 Å². The molecular weight excluding hydrogens is 350 g/mol. The summed E-state index contributed by atoms with van der Waals surface area (Å²) in [6.45, 7) is 6.66. The van der Waals surface area contributed by atoms with E-state index < -0.39 is 0 Å². The Morgan fingerprint density at radius 3 is 2.08 bits per heavy atom. The zero-order chi connectivity index (χ0) is 18.3. The van der Waals surface area contributed by atoms with Gasteiger partial charge in [0.2, 0.25) is 0 Å². The van der Waals surface area contributed by atoms with Crippen LogP contribution in [-0.4, -0.2) is 49.4 Å². The Balaban J connectivity index is 1.74. The van der Waals surface area contributed by atoms with Crippen molar-refractivity contribution in [1.29, 1.82) is 0 Å². The lowest BCUT2D eigenvalue weighted by Gasteiger charge is -2.37. The molecule has 2 aliphatic rings. The second kappa shape index (κ2) is 6.74. The molecule has 1 saturated heterocycles. The van der Waals surface area contributed by atoms with E-state index in [1.807, 2.05) is 6.07 Å². The molecule has 2 aromatic rings. The van der Waals surface area contributed by atoms with E-state index in [-0.39, 0.29) is 11.8 Å². The van der Waals surface area contributed by atoms with Gasteiger partial charge in [-0.25, -0.2) is 4.90 Å². The smallest absolute Gasteiger partial charge is 0.266 e. The van der Waals surface area contributed by atoms with Crippen molar-refractivity contribution < 1.29 is 9.59 Å². The molecule has 0 unspecified atom stereocenters. The Kier molecular flexibility index (Phi) is 4.42. The molecule has 0 radical (unpaired) electrons. The zero-order valence-electron chi connectivity index (χ0n) is 14.6. The van der Waals surface area contributed by atoms with Crippen LogP contribution in [0.15, 0.2) is 42.5 Å². The van der Waals surface area contributed by atoms with Crippen LogP contribution in [0.4, 0.5) is 11.4 Å². The monoisotopic (exact) mass is 369 g/mol. The number of para-hydroxylation sites is 1. The van der Waals surface area contributed by atoms with E-state index in [2.05, 4.69) is 16.7 Å². The maximum Gasteiger partial charge on any atom is 0.266 e. The van der Waals surface area contributed by atoms with Crippen molar-refractivity contribution in [3.8, 4) is 0 Å². The van der Waals surface area contributed by atoms with Gasteiger partial charge in [0.15, 0.2) is 0 Å². The minimum atomic E-state index is -0.290. The van der Waals surface area contributed by atoms with Crippen LogP contribution in [0.3, 0.4) is 0 Å². The number of halogens is 1. The average Bonchev–Trinajstić information content (AvgIpc) is 2.93. The third-order valence-corrected chi connectivity index (χ3v) is 5.44. The summed E-state index contributed by atoms with van der Waals surface area (Å²) in [5.41, 5.74) is 2.21. The molecule has 5 nitrogen and oxygen atoms in total. The first-order valence-electron chi connectivity index (χ1n) is 8.85. The fourth-order valence-corrected chi connectivity index (χ4v) is 3.98. The van der Waals surface area contributed by atoms with Gasteiger partial charge in [0.1, 0.15) is 0 Å². The van der Waals surface area contributed by atoms with E-state index in [0.29, 0.717) is 21.8 Å². The maximum atomic E-state index is 12.9. The first-order chi connectivity index (χ1) is 12.6. The zero-order valence-corrected chi connectivity index (χ0v) is 15.4. The van der Waals surface area contributed by atoms with E-state index >= 15 is 0 Å². The van der Waals surface area contributed by atoms with Crippen LogP contribution >= 0.6 is 11.6 Å². The number of imide groups is 1. The van der Waals surface area contributed by atoms with Crippen LogP contribution < -0.4 is 9.80 Å². The first-order valence-corrected chi connectivity index (χ1v) is 9.23. The van der Waals surface area contributed by atoms with Gasteiger partial charge < -0.3 is 9.80 Å². The molecule has 2 heterocycles. The van der Waals surface area contributed by atoms with Gasteiger partial charge in [-0.05, 0) is 30.8 Å². The van der Waals surface area contributed by atoms with Crippen LogP contribution in [-0.2, 0) is 0 Å². The number of carbonyl (C=O) groups is 2. The fourth-order valence-electron chi connectivity index (χ4n) is 3.69. The minimum Gasteiger partial charge on any atom is -0.366 e.